The fraction of sp³-hybridized carbons (Fsp3) is 0.367. The molecule has 5 rings (SSSR count). The molecule has 0 radical (unpaired) electrons. The number of nitrogens with one attached hydrogen (secondary N) is 1. The molecule has 1 aliphatic heterocycles. The molecule has 2 aromatic carbocycles. The lowest BCUT2D eigenvalue weighted by Gasteiger charge is -2.43. The lowest BCUT2D eigenvalue weighted by atomic mass is 9.71. The molecule has 0 bridgehead atoms. The lowest BCUT2D eigenvalue weighted by Crippen LogP contribution is -2.52. The first kappa shape index (κ1) is 24.0. The van der Waals surface area contributed by atoms with Gasteiger partial charge in [0.05, 0.1) is 22.5 Å². The molecule has 0 saturated heterocycles. The number of carbonyl (C=O) groups is 2. The Morgan fingerprint density at radius 2 is 1.69 bits per heavy atom. The number of nitrogens with zero attached hydrogens (tertiary/aromatic N) is 2. The van der Waals surface area contributed by atoms with E-state index >= 15 is 0 Å². The van der Waals surface area contributed by atoms with Crippen molar-refractivity contribution in [3.63, 3.8) is 0 Å². The van der Waals surface area contributed by atoms with Gasteiger partial charge in [0, 0.05) is 31.1 Å². The van der Waals surface area contributed by atoms with Crippen molar-refractivity contribution in [3.8, 4) is 22.4 Å². The highest BCUT2D eigenvalue weighted by molar-refractivity contribution is 5.98. The van der Waals surface area contributed by atoms with Gasteiger partial charge >= 0.3 is 6.09 Å². The number of pyridine rings is 1. The zero-order valence-electron chi connectivity index (χ0n) is 21.4. The molecule has 36 heavy (non-hydrogen) atoms. The van der Waals surface area contributed by atoms with Gasteiger partial charge in [0.25, 0.3) is 5.91 Å². The molecular formula is C30H33N3O3. The van der Waals surface area contributed by atoms with Crippen LogP contribution in [0.1, 0.15) is 61.6 Å². The standard InChI is InChI=1S/C30H33N3O3/c1-29(2,3)36-28(35)32-30(16-8-17-30)22-13-11-21(12-14-22)26-23(20-9-6-5-7-10-20)19-24-25(31-26)15-18-33(4)27(24)34/h5-7,9-14,19H,8,15-18H2,1-4H3,(H,32,35). The Bertz CT molecular complexity index is 1290. The fourth-order valence-corrected chi connectivity index (χ4v) is 5.03. The average molecular weight is 484 g/mol. The van der Waals surface area contributed by atoms with Gasteiger partial charge in [0.2, 0.25) is 0 Å². The average Bonchev–Trinajstić information content (AvgIpc) is 2.83. The van der Waals surface area contributed by atoms with E-state index < -0.39 is 11.1 Å². The highest BCUT2D eigenvalue weighted by Gasteiger charge is 2.41. The normalized spacial score (nSPS) is 16.7. The lowest BCUT2D eigenvalue weighted by molar-refractivity contribution is 0.0377. The van der Waals surface area contributed by atoms with Crippen LogP contribution in [0.15, 0.2) is 60.7 Å². The molecule has 0 unspecified atom stereocenters. The van der Waals surface area contributed by atoms with Crippen LogP contribution in [0.2, 0.25) is 0 Å². The molecule has 3 aromatic rings. The van der Waals surface area contributed by atoms with E-state index in [2.05, 4.69) is 29.6 Å². The minimum Gasteiger partial charge on any atom is -0.444 e. The van der Waals surface area contributed by atoms with Gasteiger partial charge in [-0.1, -0.05) is 54.6 Å². The van der Waals surface area contributed by atoms with Crippen LogP contribution in [0.5, 0.6) is 0 Å². The van der Waals surface area contributed by atoms with E-state index in [1.807, 2.05) is 64.2 Å². The smallest absolute Gasteiger partial charge is 0.408 e. The molecule has 2 amide bonds. The number of aromatic nitrogens is 1. The number of likely N-dealkylation sites (N-methyl/N-ethyl adjacent to an activating group) is 1. The summed E-state index contributed by atoms with van der Waals surface area (Å²) in [5.74, 6) is 0.0166. The molecule has 2 heterocycles. The van der Waals surface area contributed by atoms with E-state index in [0.29, 0.717) is 12.1 Å². The van der Waals surface area contributed by atoms with Crippen LogP contribution >= 0.6 is 0 Å². The van der Waals surface area contributed by atoms with Crippen molar-refractivity contribution in [1.29, 1.82) is 0 Å². The number of alkyl carbamates (subject to hydrolysis) is 1. The van der Waals surface area contributed by atoms with Crippen LogP contribution in [0, 0.1) is 0 Å². The van der Waals surface area contributed by atoms with E-state index in [1.54, 1.807) is 4.90 Å². The van der Waals surface area contributed by atoms with Crippen LogP contribution in [0.3, 0.4) is 0 Å². The Morgan fingerprint density at radius 1 is 1.00 bits per heavy atom. The predicted octanol–water partition coefficient (Wildman–Crippen LogP) is 5.95. The molecule has 1 saturated carbocycles. The van der Waals surface area contributed by atoms with Crippen LogP contribution in [0.25, 0.3) is 22.4 Å². The number of fused-ring (bicyclic) bond motifs is 1. The largest absolute Gasteiger partial charge is 0.444 e. The maximum atomic E-state index is 12.9. The highest BCUT2D eigenvalue weighted by atomic mass is 16.6. The predicted molar refractivity (Wildman–Crippen MR) is 141 cm³/mol. The van der Waals surface area contributed by atoms with E-state index in [0.717, 1.165) is 59.3 Å². The van der Waals surface area contributed by atoms with Crippen molar-refractivity contribution in [2.24, 2.45) is 0 Å². The molecule has 6 nitrogen and oxygen atoms in total. The van der Waals surface area contributed by atoms with Crippen molar-refractivity contribution < 1.29 is 14.3 Å². The van der Waals surface area contributed by atoms with Gasteiger partial charge in [-0.25, -0.2) is 4.79 Å². The van der Waals surface area contributed by atoms with Gasteiger partial charge in [-0.3, -0.25) is 9.78 Å². The summed E-state index contributed by atoms with van der Waals surface area (Å²) < 4.78 is 5.53. The molecule has 1 aliphatic carbocycles. The van der Waals surface area contributed by atoms with Crippen molar-refractivity contribution in [2.45, 2.75) is 57.6 Å². The Balaban J connectivity index is 1.51. The summed E-state index contributed by atoms with van der Waals surface area (Å²) in [6, 6.07) is 20.4. The molecule has 2 aliphatic rings. The number of hydrogen-bond donors (Lipinski definition) is 1. The van der Waals surface area contributed by atoms with E-state index in [9.17, 15) is 9.59 Å². The summed E-state index contributed by atoms with van der Waals surface area (Å²) in [5, 5.41) is 3.13. The maximum absolute atomic E-state index is 12.9. The van der Waals surface area contributed by atoms with Crippen LogP contribution in [-0.2, 0) is 16.7 Å². The third-order valence-electron chi connectivity index (χ3n) is 7.11. The van der Waals surface area contributed by atoms with Crippen LogP contribution in [-0.4, -0.2) is 41.1 Å². The molecule has 0 atom stereocenters. The van der Waals surface area contributed by atoms with E-state index in [-0.39, 0.29) is 12.0 Å². The van der Waals surface area contributed by atoms with Crippen molar-refractivity contribution in [3.05, 3.63) is 77.5 Å². The SMILES string of the molecule is CN1CCc2nc(-c3ccc(C4(NC(=O)OC(C)(C)C)CCC4)cc3)c(-c3ccccc3)cc2C1=O. The molecule has 6 heteroatoms. The summed E-state index contributed by atoms with van der Waals surface area (Å²) in [6.45, 7) is 6.28. The molecule has 186 valence electrons. The Kier molecular flexibility index (Phi) is 6.07. The number of hydrogen-bond acceptors (Lipinski definition) is 4. The monoisotopic (exact) mass is 483 g/mol. The number of carbonyl (C=O) groups excluding carboxylic acids is 2. The first-order chi connectivity index (χ1) is 17.2. The molecule has 1 aromatic heterocycles. The van der Waals surface area contributed by atoms with Crippen LogP contribution in [0.4, 0.5) is 4.79 Å². The van der Waals surface area contributed by atoms with Gasteiger partial charge in [-0.15, -0.1) is 0 Å². The third-order valence-corrected chi connectivity index (χ3v) is 7.11. The zero-order chi connectivity index (χ0) is 25.5. The van der Waals surface area contributed by atoms with Gasteiger partial charge in [0.15, 0.2) is 0 Å². The fourth-order valence-electron chi connectivity index (χ4n) is 5.03. The van der Waals surface area contributed by atoms with Gasteiger partial charge in [-0.2, -0.15) is 0 Å². The van der Waals surface area contributed by atoms with E-state index in [1.165, 1.54) is 0 Å². The van der Waals surface area contributed by atoms with Gasteiger partial charge in [-0.05, 0) is 57.2 Å². The minimum absolute atomic E-state index is 0.0166. The topological polar surface area (TPSA) is 71.5 Å². The van der Waals surface area contributed by atoms with Crippen LogP contribution < -0.4 is 5.32 Å². The number of ether oxygens (including phenoxy) is 1. The summed E-state index contributed by atoms with van der Waals surface area (Å²) in [4.78, 5) is 32.2. The quantitative estimate of drug-likeness (QED) is 0.498. The number of rotatable bonds is 4. The van der Waals surface area contributed by atoms with Gasteiger partial charge in [0.1, 0.15) is 5.60 Å². The maximum Gasteiger partial charge on any atom is 0.408 e. The van der Waals surface area contributed by atoms with Crippen molar-refractivity contribution >= 4 is 12.0 Å². The first-order valence-corrected chi connectivity index (χ1v) is 12.6. The second-order valence-corrected chi connectivity index (χ2v) is 10.9. The Hall–Kier alpha value is -3.67. The Labute approximate surface area is 212 Å². The summed E-state index contributed by atoms with van der Waals surface area (Å²) >= 11 is 0. The molecular weight excluding hydrogens is 450 g/mol. The molecule has 1 N–H and O–H groups in total. The summed E-state index contributed by atoms with van der Waals surface area (Å²) in [5.41, 5.74) is 5.47. The van der Waals surface area contributed by atoms with E-state index in [4.69, 9.17) is 9.72 Å². The second kappa shape index (κ2) is 9.08. The Morgan fingerprint density at radius 3 is 2.31 bits per heavy atom. The first-order valence-electron chi connectivity index (χ1n) is 12.6. The minimum atomic E-state index is -0.541. The summed E-state index contributed by atoms with van der Waals surface area (Å²) in [7, 11) is 1.84. The third kappa shape index (κ3) is 4.60. The van der Waals surface area contributed by atoms with Crippen molar-refractivity contribution in [2.75, 3.05) is 13.6 Å². The molecule has 1 fully saturated rings. The van der Waals surface area contributed by atoms with Gasteiger partial charge < -0.3 is 15.0 Å². The number of benzene rings is 2. The summed E-state index contributed by atoms with van der Waals surface area (Å²) in [6.07, 6.45) is 3.18. The molecule has 0 spiro atoms. The highest BCUT2D eigenvalue weighted by Crippen LogP contribution is 2.42. The number of amides is 2. The van der Waals surface area contributed by atoms with Crippen molar-refractivity contribution in [1.82, 2.24) is 15.2 Å². The zero-order valence-corrected chi connectivity index (χ0v) is 21.4. The second-order valence-electron chi connectivity index (χ2n) is 10.9.